The first kappa shape index (κ1) is 17.3. The summed E-state index contributed by atoms with van der Waals surface area (Å²) in [6, 6.07) is 8.77. The van der Waals surface area contributed by atoms with Crippen LogP contribution in [-0.2, 0) is 4.79 Å². The van der Waals surface area contributed by atoms with E-state index in [1.165, 1.54) is 11.1 Å². The van der Waals surface area contributed by atoms with Gasteiger partial charge < -0.3 is 10.6 Å². The Morgan fingerprint density at radius 3 is 2.19 bits per heavy atom. The van der Waals surface area contributed by atoms with E-state index in [9.17, 15) is 4.79 Å². The van der Waals surface area contributed by atoms with Crippen LogP contribution in [0.1, 0.15) is 50.8 Å². The van der Waals surface area contributed by atoms with Gasteiger partial charge in [-0.15, -0.1) is 6.42 Å². The first-order chi connectivity index (χ1) is 9.95. The van der Waals surface area contributed by atoms with Gasteiger partial charge in [0.25, 0.3) is 0 Å². The van der Waals surface area contributed by atoms with Crippen LogP contribution in [0.15, 0.2) is 24.3 Å². The lowest BCUT2D eigenvalue weighted by atomic mass is 9.93. The van der Waals surface area contributed by atoms with Crippen molar-refractivity contribution < 1.29 is 4.79 Å². The number of nitrogens with one attached hydrogen (secondary N) is 2. The Morgan fingerprint density at radius 1 is 1.14 bits per heavy atom. The number of benzene rings is 1. The largest absolute Gasteiger partial charge is 0.344 e. The highest BCUT2D eigenvalue weighted by Gasteiger charge is 2.16. The number of terminal acetylenes is 1. The summed E-state index contributed by atoms with van der Waals surface area (Å²) in [5.74, 6) is 3.25. The third-order valence-electron chi connectivity index (χ3n) is 3.50. The zero-order chi connectivity index (χ0) is 15.8. The van der Waals surface area contributed by atoms with Crippen LogP contribution in [0.3, 0.4) is 0 Å². The van der Waals surface area contributed by atoms with Crippen molar-refractivity contribution in [1.82, 2.24) is 10.6 Å². The Kier molecular flexibility index (Phi) is 6.98. The Hall–Kier alpha value is -1.79. The summed E-state index contributed by atoms with van der Waals surface area (Å²) in [5.41, 5.74) is 2.53. The molecular formula is C18H26N2O. The molecule has 0 aliphatic carbocycles. The van der Waals surface area contributed by atoms with Crippen molar-refractivity contribution in [1.29, 1.82) is 0 Å². The predicted molar refractivity (Wildman–Crippen MR) is 88.0 cm³/mol. The smallest absolute Gasteiger partial charge is 0.234 e. The molecule has 21 heavy (non-hydrogen) atoms. The molecule has 0 radical (unpaired) electrons. The van der Waals surface area contributed by atoms with Gasteiger partial charge in [0.2, 0.25) is 5.91 Å². The maximum atomic E-state index is 11.6. The van der Waals surface area contributed by atoms with Gasteiger partial charge in [-0.3, -0.25) is 4.79 Å². The van der Waals surface area contributed by atoms with Crippen LogP contribution in [0, 0.1) is 18.3 Å². The highest BCUT2D eigenvalue weighted by molar-refractivity contribution is 5.78. The molecule has 0 aromatic heterocycles. The SMILES string of the molecule is C#CCNC(=O)CN[C@@H](c1ccc(C(C)C)cc1)C(C)C. The summed E-state index contributed by atoms with van der Waals surface area (Å²) in [5, 5.41) is 5.98. The topological polar surface area (TPSA) is 41.1 Å². The lowest BCUT2D eigenvalue weighted by Crippen LogP contribution is -2.37. The van der Waals surface area contributed by atoms with E-state index < -0.39 is 0 Å². The fraction of sp³-hybridized carbons (Fsp3) is 0.500. The number of hydrogen-bond donors (Lipinski definition) is 2. The van der Waals surface area contributed by atoms with E-state index in [1.807, 2.05) is 0 Å². The molecule has 3 heteroatoms. The second-order valence-electron chi connectivity index (χ2n) is 5.90. The van der Waals surface area contributed by atoms with Crippen LogP contribution >= 0.6 is 0 Å². The Balaban J connectivity index is 2.69. The summed E-state index contributed by atoms with van der Waals surface area (Å²) in [4.78, 5) is 11.6. The van der Waals surface area contributed by atoms with Gasteiger partial charge in [0.15, 0.2) is 0 Å². The van der Waals surface area contributed by atoms with Gasteiger partial charge in [-0.25, -0.2) is 0 Å². The number of hydrogen-bond acceptors (Lipinski definition) is 2. The molecule has 1 rings (SSSR count). The van der Waals surface area contributed by atoms with E-state index in [0.29, 0.717) is 11.8 Å². The highest BCUT2D eigenvalue weighted by atomic mass is 16.1. The van der Waals surface area contributed by atoms with Crippen molar-refractivity contribution in [2.45, 2.75) is 39.7 Å². The van der Waals surface area contributed by atoms with Crippen molar-refractivity contribution in [2.75, 3.05) is 13.1 Å². The van der Waals surface area contributed by atoms with Crippen LogP contribution in [0.25, 0.3) is 0 Å². The van der Waals surface area contributed by atoms with E-state index in [0.717, 1.165) is 0 Å². The number of carbonyl (C=O) groups excluding carboxylic acids is 1. The maximum absolute atomic E-state index is 11.6. The van der Waals surface area contributed by atoms with Crippen molar-refractivity contribution in [3.8, 4) is 12.3 Å². The first-order valence-electron chi connectivity index (χ1n) is 7.49. The molecule has 0 spiro atoms. The lowest BCUT2D eigenvalue weighted by Gasteiger charge is -2.23. The normalized spacial score (nSPS) is 12.2. The monoisotopic (exact) mass is 286 g/mol. The van der Waals surface area contributed by atoms with Crippen molar-refractivity contribution in [3.05, 3.63) is 35.4 Å². The van der Waals surface area contributed by atoms with E-state index in [1.54, 1.807) is 0 Å². The fourth-order valence-corrected chi connectivity index (χ4v) is 2.24. The second kappa shape index (κ2) is 8.49. The number of rotatable bonds is 7. The van der Waals surface area contributed by atoms with Crippen molar-refractivity contribution >= 4 is 5.91 Å². The predicted octanol–water partition coefficient (Wildman–Crippen LogP) is 2.85. The minimum atomic E-state index is -0.0719. The van der Waals surface area contributed by atoms with Gasteiger partial charge in [-0.2, -0.15) is 0 Å². The van der Waals surface area contributed by atoms with Crippen LogP contribution in [0.5, 0.6) is 0 Å². The number of carbonyl (C=O) groups is 1. The molecule has 0 saturated carbocycles. The lowest BCUT2D eigenvalue weighted by molar-refractivity contribution is -0.120. The molecule has 3 nitrogen and oxygen atoms in total. The molecule has 1 amide bonds. The average molecular weight is 286 g/mol. The molecule has 0 aliphatic heterocycles. The third kappa shape index (κ3) is 5.61. The van der Waals surface area contributed by atoms with Crippen LogP contribution < -0.4 is 10.6 Å². The summed E-state index contributed by atoms with van der Waals surface area (Å²) >= 11 is 0. The van der Waals surface area contributed by atoms with Crippen molar-refractivity contribution in [2.24, 2.45) is 5.92 Å². The van der Waals surface area contributed by atoms with Crippen molar-refractivity contribution in [3.63, 3.8) is 0 Å². The van der Waals surface area contributed by atoms with Crippen LogP contribution in [0.4, 0.5) is 0 Å². The molecular weight excluding hydrogens is 260 g/mol. The fourth-order valence-electron chi connectivity index (χ4n) is 2.24. The quantitative estimate of drug-likeness (QED) is 0.757. The van der Waals surface area contributed by atoms with Gasteiger partial charge in [0, 0.05) is 6.04 Å². The highest BCUT2D eigenvalue weighted by Crippen LogP contribution is 2.23. The number of amides is 1. The summed E-state index contributed by atoms with van der Waals surface area (Å²) in [6.07, 6.45) is 5.13. The zero-order valence-corrected chi connectivity index (χ0v) is 13.4. The summed E-state index contributed by atoms with van der Waals surface area (Å²) < 4.78 is 0. The Bertz CT molecular complexity index is 483. The van der Waals surface area contributed by atoms with Crippen LogP contribution in [-0.4, -0.2) is 19.0 Å². The molecule has 1 atom stereocenters. The molecule has 1 aromatic carbocycles. The molecule has 114 valence electrons. The second-order valence-corrected chi connectivity index (χ2v) is 5.90. The molecule has 0 fully saturated rings. The summed E-state index contributed by atoms with van der Waals surface area (Å²) in [6.45, 7) is 9.21. The molecule has 0 heterocycles. The van der Waals surface area contributed by atoms with Gasteiger partial charge in [0.1, 0.15) is 0 Å². The van der Waals surface area contributed by atoms with E-state index in [2.05, 4.69) is 68.5 Å². The minimum absolute atomic E-state index is 0.0719. The van der Waals surface area contributed by atoms with Gasteiger partial charge in [-0.1, -0.05) is 57.9 Å². The Morgan fingerprint density at radius 2 is 1.71 bits per heavy atom. The van der Waals surface area contributed by atoms with E-state index in [-0.39, 0.29) is 25.0 Å². The molecule has 2 N–H and O–H groups in total. The van der Waals surface area contributed by atoms with E-state index in [4.69, 9.17) is 6.42 Å². The molecule has 0 unspecified atom stereocenters. The molecule has 1 aromatic rings. The first-order valence-corrected chi connectivity index (χ1v) is 7.49. The average Bonchev–Trinajstić information content (AvgIpc) is 2.45. The van der Waals surface area contributed by atoms with Gasteiger partial charge in [0.05, 0.1) is 13.1 Å². The van der Waals surface area contributed by atoms with Gasteiger partial charge in [-0.05, 0) is 23.0 Å². The zero-order valence-electron chi connectivity index (χ0n) is 13.4. The standard InChI is InChI=1S/C18H26N2O/c1-6-11-19-17(21)12-20-18(14(4)5)16-9-7-15(8-10-16)13(2)3/h1,7-10,13-14,18,20H,11-12H2,2-5H3,(H,19,21)/t18-/m1/s1. The van der Waals surface area contributed by atoms with Crippen LogP contribution in [0.2, 0.25) is 0 Å². The molecule has 0 aliphatic rings. The Labute approximate surface area is 128 Å². The molecule has 0 bridgehead atoms. The minimum Gasteiger partial charge on any atom is -0.344 e. The van der Waals surface area contributed by atoms with Gasteiger partial charge >= 0.3 is 0 Å². The maximum Gasteiger partial charge on any atom is 0.234 e. The van der Waals surface area contributed by atoms with E-state index >= 15 is 0 Å². The summed E-state index contributed by atoms with van der Waals surface area (Å²) in [7, 11) is 0. The third-order valence-corrected chi connectivity index (χ3v) is 3.50. The molecule has 0 saturated heterocycles.